The Hall–Kier alpha value is -0.900. The molecule has 102 valence electrons. The molecular formula is C15H26N2O. The molecule has 1 rings (SSSR count). The predicted molar refractivity (Wildman–Crippen MR) is 76.8 cm³/mol. The molecule has 0 heterocycles. The summed E-state index contributed by atoms with van der Waals surface area (Å²) >= 11 is 0. The van der Waals surface area contributed by atoms with Crippen molar-refractivity contribution in [2.75, 3.05) is 33.9 Å². The molecule has 0 bridgehead atoms. The number of nitrogens with one attached hydrogen (secondary N) is 1. The summed E-state index contributed by atoms with van der Waals surface area (Å²) in [4.78, 5) is 2.44. The number of rotatable bonds is 8. The molecule has 0 aromatic heterocycles. The summed E-state index contributed by atoms with van der Waals surface area (Å²) in [6.45, 7) is 7.23. The largest absolute Gasteiger partial charge is 0.383 e. The zero-order valence-electron chi connectivity index (χ0n) is 12.0. The van der Waals surface area contributed by atoms with Crippen LogP contribution in [-0.2, 0) is 4.74 Å². The van der Waals surface area contributed by atoms with Crippen molar-refractivity contribution in [1.82, 2.24) is 10.2 Å². The molecule has 1 aromatic rings. The molecule has 18 heavy (non-hydrogen) atoms. The Balaban J connectivity index is 2.66. The highest BCUT2D eigenvalue weighted by molar-refractivity contribution is 5.19. The molecule has 0 aliphatic rings. The Morgan fingerprint density at radius 3 is 2.44 bits per heavy atom. The van der Waals surface area contributed by atoms with Crippen molar-refractivity contribution in [3.63, 3.8) is 0 Å². The zero-order valence-corrected chi connectivity index (χ0v) is 12.0. The first-order valence-electron chi connectivity index (χ1n) is 6.68. The van der Waals surface area contributed by atoms with Gasteiger partial charge in [0.1, 0.15) is 0 Å². The summed E-state index contributed by atoms with van der Waals surface area (Å²) in [6, 6.07) is 11.4. The summed E-state index contributed by atoms with van der Waals surface area (Å²) in [7, 11) is 3.78. The maximum atomic E-state index is 5.25. The van der Waals surface area contributed by atoms with E-state index in [-0.39, 0.29) is 0 Å². The van der Waals surface area contributed by atoms with Gasteiger partial charge < -0.3 is 10.1 Å². The highest BCUT2D eigenvalue weighted by atomic mass is 16.5. The summed E-state index contributed by atoms with van der Waals surface area (Å²) in [5.41, 5.74) is 1.34. The van der Waals surface area contributed by atoms with E-state index in [2.05, 4.69) is 54.4 Å². The number of ether oxygens (including phenoxy) is 1. The van der Waals surface area contributed by atoms with Crippen molar-refractivity contribution < 1.29 is 4.74 Å². The van der Waals surface area contributed by atoms with Gasteiger partial charge in [-0.05, 0) is 26.1 Å². The third kappa shape index (κ3) is 4.41. The summed E-state index contributed by atoms with van der Waals surface area (Å²) in [5, 5.41) is 3.40. The lowest BCUT2D eigenvalue weighted by Gasteiger charge is -2.31. The molecule has 0 radical (unpaired) electrons. The van der Waals surface area contributed by atoms with Crippen LogP contribution in [-0.4, -0.2) is 44.8 Å². The molecule has 3 nitrogen and oxygen atoms in total. The molecule has 0 aliphatic carbocycles. The van der Waals surface area contributed by atoms with Crippen LogP contribution in [0.3, 0.4) is 0 Å². The number of methoxy groups -OCH3 is 1. The van der Waals surface area contributed by atoms with Gasteiger partial charge >= 0.3 is 0 Å². The second-order valence-electron chi connectivity index (χ2n) is 4.64. The number of nitrogens with zero attached hydrogens (tertiary/aromatic N) is 1. The van der Waals surface area contributed by atoms with Gasteiger partial charge in [-0.1, -0.05) is 37.3 Å². The van der Waals surface area contributed by atoms with Gasteiger partial charge in [-0.3, -0.25) is 4.90 Å². The Kier molecular flexibility index (Phi) is 6.94. The van der Waals surface area contributed by atoms with Crippen LogP contribution in [0.2, 0.25) is 0 Å². The number of hydrogen-bond donors (Lipinski definition) is 1. The highest BCUT2D eigenvalue weighted by Gasteiger charge is 2.17. The van der Waals surface area contributed by atoms with Gasteiger partial charge in [0.05, 0.1) is 6.61 Å². The van der Waals surface area contributed by atoms with E-state index in [0.717, 1.165) is 19.7 Å². The van der Waals surface area contributed by atoms with Gasteiger partial charge in [0.2, 0.25) is 0 Å². The molecule has 0 saturated carbocycles. The van der Waals surface area contributed by atoms with Gasteiger partial charge in [-0.2, -0.15) is 0 Å². The molecule has 0 spiro atoms. The highest BCUT2D eigenvalue weighted by Crippen LogP contribution is 2.15. The van der Waals surface area contributed by atoms with E-state index in [1.54, 1.807) is 7.11 Å². The molecular weight excluding hydrogens is 224 g/mol. The lowest BCUT2D eigenvalue weighted by molar-refractivity contribution is 0.0963. The minimum absolute atomic E-state index is 0.366. The lowest BCUT2D eigenvalue weighted by atomic mass is 10.1. The van der Waals surface area contributed by atoms with Gasteiger partial charge in [-0.25, -0.2) is 0 Å². The molecule has 0 saturated heterocycles. The lowest BCUT2D eigenvalue weighted by Crippen LogP contribution is -2.41. The number of benzene rings is 1. The molecule has 0 fully saturated rings. The van der Waals surface area contributed by atoms with E-state index in [4.69, 9.17) is 4.74 Å². The van der Waals surface area contributed by atoms with Crippen molar-refractivity contribution in [1.29, 1.82) is 0 Å². The number of likely N-dealkylation sites (N-methyl/N-ethyl adjacent to an activating group) is 2. The molecule has 0 aliphatic heterocycles. The summed E-state index contributed by atoms with van der Waals surface area (Å²) < 4.78 is 5.25. The molecule has 0 amide bonds. The topological polar surface area (TPSA) is 24.5 Å². The van der Waals surface area contributed by atoms with Crippen LogP contribution >= 0.6 is 0 Å². The first-order chi connectivity index (χ1) is 8.72. The van der Waals surface area contributed by atoms with E-state index in [9.17, 15) is 0 Å². The quantitative estimate of drug-likeness (QED) is 0.766. The van der Waals surface area contributed by atoms with Crippen LogP contribution < -0.4 is 5.32 Å². The standard InChI is InChI=1S/C15H26N2O/c1-5-17(13(2)12-18-4)11-15(16-3)14-9-7-6-8-10-14/h6-10,13,15-16H,5,11-12H2,1-4H3. The third-order valence-electron chi connectivity index (χ3n) is 3.40. The van der Waals surface area contributed by atoms with E-state index < -0.39 is 0 Å². The average molecular weight is 250 g/mol. The van der Waals surface area contributed by atoms with Crippen LogP contribution in [0.4, 0.5) is 0 Å². The minimum Gasteiger partial charge on any atom is -0.383 e. The van der Waals surface area contributed by atoms with Crippen LogP contribution in [0.25, 0.3) is 0 Å². The average Bonchev–Trinajstić information content (AvgIpc) is 2.41. The Morgan fingerprint density at radius 2 is 1.94 bits per heavy atom. The first-order valence-corrected chi connectivity index (χ1v) is 6.68. The van der Waals surface area contributed by atoms with Gasteiger partial charge in [0, 0.05) is 25.7 Å². The smallest absolute Gasteiger partial charge is 0.0615 e. The fraction of sp³-hybridized carbons (Fsp3) is 0.600. The third-order valence-corrected chi connectivity index (χ3v) is 3.40. The van der Waals surface area contributed by atoms with Crippen LogP contribution in [0.15, 0.2) is 30.3 Å². The van der Waals surface area contributed by atoms with Crippen molar-refractivity contribution in [3.05, 3.63) is 35.9 Å². The zero-order chi connectivity index (χ0) is 13.4. The Labute approximate surface area is 111 Å². The number of hydrogen-bond acceptors (Lipinski definition) is 3. The van der Waals surface area contributed by atoms with Gasteiger partial charge in [0.25, 0.3) is 0 Å². The van der Waals surface area contributed by atoms with Crippen LogP contribution in [0.1, 0.15) is 25.5 Å². The monoisotopic (exact) mass is 250 g/mol. The minimum atomic E-state index is 0.366. The Bertz CT molecular complexity index is 316. The predicted octanol–water partition coefficient (Wildman–Crippen LogP) is 2.30. The molecule has 2 atom stereocenters. The van der Waals surface area contributed by atoms with Gasteiger partial charge in [-0.15, -0.1) is 0 Å². The van der Waals surface area contributed by atoms with E-state index in [1.807, 2.05) is 7.05 Å². The van der Waals surface area contributed by atoms with E-state index in [0.29, 0.717) is 12.1 Å². The fourth-order valence-electron chi connectivity index (χ4n) is 2.25. The summed E-state index contributed by atoms with van der Waals surface area (Å²) in [6.07, 6.45) is 0. The van der Waals surface area contributed by atoms with Crippen molar-refractivity contribution in [2.45, 2.75) is 25.9 Å². The van der Waals surface area contributed by atoms with Crippen molar-refractivity contribution in [3.8, 4) is 0 Å². The van der Waals surface area contributed by atoms with Crippen LogP contribution in [0.5, 0.6) is 0 Å². The molecule has 2 unspecified atom stereocenters. The van der Waals surface area contributed by atoms with Gasteiger partial charge in [0.15, 0.2) is 0 Å². The molecule has 1 aromatic carbocycles. The van der Waals surface area contributed by atoms with Crippen molar-refractivity contribution in [2.24, 2.45) is 0 Å². The van der Waals surface area contributed by atoms with E-state index in [1.165, 1.54) is 5.56 Å². The fourth-order valence-corrected chi connectivity index (χ4v) is 2.25. The summed E-state index contributed by atoms with van der Waals surface area (Å²) in [5.74, 6) is 0. The maximum Gasteiger partial charge on any atom is 0.0615 e. The van der Waals surface area contributed by atoms with Crippen molar-refractivity contribution >= 4 is 0 Å². The SMILES string of the molecule is CCN(CC(NC)c1ccccc1)C(C)COC. The molecule has 1 N–H and O–H groups in total. The van der Waals surface area contributed by atoms with E-state index >= 15 is 0 Å². The Morgan fingerprint density at radius 1 is 1.28 bits per heavy atom. The second-order valence-corrected chi connectivity index (χ2v) is 4.64. The maximum absolute atomic E-state index is 5.25. The molecule has 3 heteroatoms. The second kappa shape index (κ2) is 8.25. The van der Waals surface area contributed by atoms with Crippen LogP contribution in [0, 0.1) is 0 Å². The normalized spacial score (nSPS) is 14.7. The first kappa shape index (κ1) is 15.2.